The van der Waals surface area contributed by atoms with Gasteiger partial charge in [-0.3, -0.25) is 0 Å². The van der Waals surface area contributed by atoms with Crippen molar-refractivity contribution in [2.24, 2.45) is 0 Å². The van der Waals surface area contributed by atoms with Crippen LogP contribution in [0.2, 0.25) is 0 Å². The number of fused-ring (bicyclic) bond motifs is 1. The maximum Gasteiger partial charge on any atom is 0.126 e. The molecule has 1 unspecified atom stereocenters. The molecule has 0 aliphatic rings. The van der Waals surface area contributed by atoms with Gasteiger partial charge in [-0.1, -0.05) is 48.5 Å². The number of nitrogens with one attached hydrogen (secondary N) is 1. The Hall–Kier alpha value is -2.39. The first-order valence-electron chi connectivity index (χ1n) is 7.97. The van der Waals surface area contributed by atoms with Gasteiger partial charge >= 0.3 is 0 Å². The van der Waals surface area contributed by atoms with Crippen LogP contribution < -0.4 is 5.32 Å². The van der Waals surface area contributed by atoms with Crippen molar-refractivity contribution in [1.82, 2.24) is 9.88 Å². The SMILES string of the molecule is Cc1cc(NCC(c2ccccc2)N(C)C)nc2ccccc12. The summed E-state index contributed by atoms with van der Waals surface area (Å²) in [6, 6.07) is 21.3. The van der Waals surface area contributed by atoms with E-state index >= 15 is 0 Å². The van der Waals surface area contributed by atoms with Gasteiger partial charge in [-0.2, -0.15) is 0 Å². The smallest absolute Gasteiger partial charge is 0.126 e. The summed E-state index contributed by atoms with van der Waals surface area (Å²) in [5, 5.41) is 4.72. The summed E-state index contributed by atoms with van der Waals surface area (Å²) in [4.78, 5) is 6.96. The maximum atomic E-state index is 4.73. The number of hydrogen-bond acceptors (Lipinski definition) is 3. The van der Waals surface area contributed by atoms with Crippen LogP contribution in [0, 0.1) is 6.92 Å². The fourth-order valence-corrected chi connectivity index (χ4v) is 2.92. The largest absolute Gasteiger partial charge is 0.368 e. The van der Waals surface area contributed by atoms with Crippen molar-refractivity contribution in [1.29, 1.82) is 0 Å². The van der Waals surface area contributed by atoms with Crippen molar-refractivity contribution < 1.29 is 0 Å². The van der Waals surface area contributed by atoms with Gasteiger partial charge in [0.2, 0.25) is 0 Å². The second-order valence-corrected chi connectivity index (χ2v) is 6.11. The number of aryl methyl sites for hydroxylation is 1. The molecule has 0 amide bonds. The maximum absolute atomic E-state index is 4.73. The molecule has 1 N–H and O–H groups in total. The minimum atomic E-state index is 0.310. The zero-order valence-electron chi connectivity index (χ0n) is 14.0. The molecule has 0 aliphatic heterocycles. The van der Waals surface area contributed by atoms with Crippen molar-refractivity contribution in [3.8, 4) is 0 Å². The highest BCUT2D eigenvalue weighted by atomic mass is 15.1. The van der Waals surface area contributed by atoms with E-state index in [9.17, 15) is 0 Å². The van der Waals surface area contributed by atoms with Crippen LogP contribution in [0.3, 0.4) is 0 Å². The zero-order valence-corrected chi connectivity index (χ0v) is 14.0. The van der Waals surface area contributed by atoms with Crippen LogP contribution in [-0.2, 0) is 0 Å². The molecule has 3 heteroatoms. The third-order valence-electron chi connectivity index (χ3n) is 4.21. The minimum absolute atomic E-state index is 0.310. The van der Waals surface area contributed by atoms with Gasteiger partial charge in [-0.05, 0) is 44.3 Å². The molecule has 0 saturated heterocycles. The average molecular weight is 305 g/mol. The Bertz CT molecular complexity index is 781. The van der Waals surface area contributed by atoms with Crippen LogP contribution in [0.1, 0.15) is 17.2 Å². The van der Waals surface area contributed by atoms with E-state index in [1.165, 1.54) is 16.5 Å². The average Bonchev–Trinajstić information content (AvgIpc) is 2.56. The van der Waals surface area contributed by atoms with Crippen LogP contribution in [0.5, 0.6) is 0 Å². The van der Waals surface area contributed by atoms with Gasteiger partial charge in [-0.25, -0.2) is 4.98 Å². The van der Waals surface area contributed by atoms with E-state index < -0.39 is 0 Å². The molecule has 0 fully saturated rings. The second kappa shape index (κ2) is 6.80. The lowest BCUT2D eigenvalue weighted by atomic mass is 10.1. The number of rotatable bonds is 5. The van der Waals surface area contributed by atoms with Crippen LogP contribution in [0.15, 0.2) is 60.7 Å². The first-order chi connectivity index (χ1) is 11.1. The Morgan fingerprint density at radius 3 is 2.43 bits per heavy atom. The Labute approximate surface area is 138 Å². The lowest BCUT2D eigenvalue weighted by Gasteiger charge is -2.25. The highest BCUT2D eigenvalue weighted by Crippen LogP contribution is 2.22. The molecule has 3 aromatic rings. The molecular weight excluding hydrogens is 282 g/mol. The lowest BCUT2D eigenvalue weighted by Crippen LogP contribution is -2.27. The van der Waals surface area contributed by atoms with Crippen molar-refractivity contribution >= 4 is 16.7 Å². The Kier molecular flexibility index (Phi) is 4.58. The standard InChI is InChI=1S/C20H23N3/c1-15-13-20(22-18-12-8-7-11-17(15)18)21-14-19(23(2)3)16-9-5-4-6-10-16/h4-13,19H,14H2,1-3H3,(H,21,22). The third kappa shape index (κ3) is 3.51. The van der Waals surface area contributed by atoms with E-state index in [1.807, 2.05) is 6.07 Å². The van der Waals surface area contributed by atoms with Crippen LogP contribution in [0.4, 0.5) is 5.82 Å². The lowest BCUT2D eigenvalue weighted by molar-refractivity contribution is 0.311. The number of nitrogens with zero attached hydrogens (tertiary/aromatic N) is 2. The number of anilines is 1. The summed E-state index contributed by atoms with van der Waals surface area (Å²) < 4.78 is 0. The van der Waals surface area contributed by atoms with E-state index in [1.54, 1.807) is 0 Å². The Morgan fingerprint density at radius 2 is 1.70 bits per heavy atom. The molecule has 2 aromatic carbocycles. The molecule has 1 heterocycles. The summed E-state index contributed by atoms with van der Waals surface area (Å²) in [6.45, 7) is 2.96. The molecular formula is C20H23N3. The quantitative estimate of drug-likeness (QED) is 0.763. The van der Waals surface area contributed by atoms with Gasteiger partial charge in [0.25, 0.3) is 0 Å². The molecule has 0 aliphatic carbocycles. The molecule has 1 aromatic heterocycles. The minimum Gasteiger partial charge on any atom is -0.368 e. The molecule has 3 rings (SSSR count). The second-order valence-electron chi connectivity index (χ2n) is 6.11. The van der Waals surface area contributed by atoms with Crippen molar-refractivity contribution in [3.63, 3.8) is 0 Å². The van der Waals surface area contributed by atoms with E-state index in [4.69, 9.17) is 4.98 Å². The molecule has 1 atom stereocenters. The molecule has 3 nitrogen and oxygen atoms in total. The fourth-order valence-electron chi connectivity index (χ4n) is 2.92. The van der Waals surface area contributed by atoms with Gasteiger partial charge in [0, 0.05) is 11.9 Å². The number of likely N-dealkylation sites (N-methyl/N-ethyl adjacent to an activating group) is 1. The molecule has 0 spiro atoms. The van der Waals surface area contributed by atoms with E-state index in [0.29, 0.717) is 6.04 Å². The predicted octanol–water partition coefficient (Wildman–Crippen LogP) is 4.26. The van der Waals surface area contributed by atoms with Gasteiger partial charge in [0.15, 0.2) is 0 Å². The van der Waals surface area contributed by atoms with Gasteiger partial charge in [0.1, 0.15) is 5.82 Å². The zero-order chi connectivity index (χ0) is 16.2. The molecule has 0 bridgehead atoms. The normalized spacial score (nSPS) is 12.5. The summed E-state index contributed by atoms with van der Waals surface area (Å²) in [6.07, 6.45) is 0. The van der Waals surface area contributed by atoms with E-state index in [0.717, 1.165) is 17.9 Å². The van der Waals surface area contributed by atoms with Gasteiger partial charge in [0.05, 0.1) is 11.6 Å². The number of pyridine rings is 1. The number of aromatic nitrogens is 1. The molecule has 0 saturated carbocycles. The first kappa shape index (κ1) is 15.5. The van der Waals surface area contributed by atoms with Crippen molar-refractivity contribution in [2.75, 3.05) is 26.0 Å². The molecule has 0 radical (unpaired) electrons. The van der Waals surface area contributed by atoms with Crippen LogP contribution in [0.25, 0.3) is 10.9 Å². The summed E-state index contributed by atoms with van der Waals surface area (Å²) in [5.74, 6) is 0.934. The number of hydrogen-bond donors (Lipinski definition) is 1. The summed E-state index contributed by atoms with van der Waals surface area (Å²) in [5.41, 5.74) is 3.60. The highest BCUT2D eigenvalue weighted by Gasteiger charge is 2.14. The van der Waals surface area contributed by atoms with Crippen LogP contribution >= 0.6 is 0 Å². The highest BCUT2D eigenvalue weighted by molar-refractivity contribution is 5.83. The van der Waals surface area contributed by atoms with E-state index in [2.05, 4.69) is 85.8 Å². The van der Waals surface area contributed by atoms with Crippen molar-refractivity contribution in [2.45, 2.75) is 13.0 Å². The number of para-hydroxylation sites is 1. The molecule has 118 valence electrons. The molecule has 23 heavy (non-hydrogen) atoms. The van der Waals surface area contributed by atoms with Crippen LogP contribution in [-0.4, -0.2) is 30.5 Å². The topological polar surface area (TPSA) is 28.2 Å². The predicted molar refractivity (Wildman–Crippen MR) is 97.8 cm³/mol. The first-order valence-corrected chi connectivity index (χ1v) is 7.97. The van der Waals surface area contributed by atoms with Gasteiger partial charge < -0.3 is 10.2 Å². The monoisotopic (exact) mass is 305 g/mol. The van der Waals surface area contributed by atoms with Gasteiger partial charge in [-0.15, -0.1) is 0 Å². The Morgan fingerprint density at radius 1 is 1.00 bits per heavy atom. The summed E-state index contributed by atoms with van der Waals surface area (Å²) >= 11 is 0. The fraction of sp³-hybridized carbons (Fsp3) is 0.250. The number of benzene rings is 2. The summed E-state index contributed by atoms with van der Waals surface area (Å²) in [7, 11) is 4.22. The third-order valence-corrected chi connectivity index (χ3v) is 4.21. The van der Waals surface area contributed by atoms with Crippen molar-refractivity contribution in [3.05, 3.63) is 71.8 Å². The van der Waals surface area contributed by atoms with E-state index in [-0.39, 0.29) is 0 Å². The Balaban J connectivity index is 1.81.